The lowest BCUT2D eigenvalue weighted by atomic mass is 10.2. The molecule has 1 aromatic rings. The van der Waals surface area contributed by atoms with Crippen molar-refractivity contribution in [2.45, 2.75) is 13.3 Å². The molecule has 68 valence electrons. The van der Waals surface area contributed by atoms with E-state index in [1.807, 2.05) is 6.92 Å². The number of rotatable bonds is 1. The molecular formula is C10H10BrNO. The highest BCUT2D eigenvalue weighted by Crippen LogP contribution is 1.98. The lowest BCUT2D eigenvalue weighted by Crippen LogP contribution is -2.05. The van der Waals surface area contributed by atoms with Crippen molar-refractivity contribution in [3.8, 4) is 11.8 Å². The summed E-state index contributed by atoms with van der Waals surface area (Å²) in [6.07, 6.45) is 0.818. The molecule has 0 aliphatic heterocycles. The molecule has 0 radical (unpaired) electrons. The first-order valence-electron chi connectivity index (χ1n) is 3.99. The van der Waals surface area contributed by atoms with Crippen LogP contribution in [0.2, 0.25) is 0 Å². The Bertz CT molecular complexity index is 397. The van der Waals surface area contributed by atoms with E-state index >= 15 is 0 Å². The van der Waals surface area contributed by atoms with E-state index in [9.17, 15) is 4.79 Å². The van der Waals surface area contributed by atoms with Crippen LogP contribution in [0.5, 0.6) is 0 Å². The number of H-pyrrole nitrogens is 1. The number of hydrogen-bond donors (Lipinski definition) is 1. The molecule has 0 spiro atoms. The average molecular weight is 240 g/mol. The summed E-state index contributed by atoms with van der Waals surface area (Å²) in [6, 6.07) is 3.24. The Labute approximate surface area is 85.5 Å². The van der Waals surface area contributed by atoms with Crippen molar-refractivity contribution in [3.05, 3.63) is 33.7 Å². The van der Waals surface area contributed by atoms with Gasteiger partial charge in [-0.3, -0.25) is 4.79 Å². The second kappa shape index (κ2) is 4.88. The van der Waals surface area contributed by atoms with Crippen molar-refractivity contribution < 1.29 is 0 Å². The van der Waals surface area contributed by atoms with Crippen LogP contribution in [0.3, 0.4) is 0 Å². The molecule has 3 heteroatoms. The van der Waals surface area contributed by atoms with E-state index in [0.29, 0.717) is 0 Å². The molecule has 0 aliphatic rings. The van der Waals surface area contributed by atoms with Crippen LogP contribution in [0.25, 0.3) is 0 Å². The highest BCUT2D eigenvalue weighted by molar-refractivity contribution is 9.09. The molecule has 0 unspecified atom stereocenters. The van der Waals surface area contributed by atoms with E-state index < -0.39 is 0 Å². The van der Waals surface area contributed by atoms with Gasteiger partial charge in [-0.15, -0.1) is 0 Å². The Hall–Kier alpha value is -1.01. The van der Waals surface area contributed by atoms with Crippen molar-refractivity contribution in [1.29, 1.82) is 0 Å². The third-order valence-corrected chi connectivity index (χ3v) is 1.96. The summed E-state index contributed by atoms with van der Waals surface area (Å²) >= 11 is 3.29. The standard InChI is InChI=1S/C10H10BrNO/c1-8-9(4-2-3-7-11)5-6-10(13)12-8/h5-6H,3,7H2,1H3,(H,12,13). The van der Waals surface area contributed by atoms with E-state index in [1.165, 1.54) is 6.07 Å². The monoisotopic (exact) mass is 239 g/mol. The number of pyridine rings is 1. The van der Waals surface area contributed by atoms with Gasteiger partial charge in [0, 0.05) is 29.1 Å². The van der Waals surface area contributed by atoms with Gasteiger partial charge >= 0.3 is 0 Å². The highest BCUT2D eigenvalue weighted by Gasteiger charge is 1.93. The first kappa shape index (κ1) is 10.1. The Morgan fingerprint density at radius 3 is 2.92 bits per heavy atom. The van der Waals surface area contributed by atoms with Crippen LogP contribution >= 0.6 is 15.9 Å². The molecule has 1 heterocycles. The maximum absolute atomic E-state index is 10.9. The van der Waals surface area contributed by atoms with E-state index in [4.69, 9.17) is 0 Å². The zero-order chi connectivity index (χ0) is 9.68. The second-order valence-corrected chi connectivity index (χ2v) is 3.40. The van der Waals surface area contributed by atoms with Crippen molar-refractivity contribution in [2.75, 3.05) is 5.33 Å². The van der Waals surface area contributed by atoms with Gasteiger partial charge in [0.05, 0.1) is 0 Å². The summed E-state index contributed by atoms with van der Waals surface area (Å²) in [5, 5.41) is 0.877. The third kappa shape index (κ3) is 3.08. The summed E-state index contributed by atoms with van der Waals surface area (Å²) < 4.78 is 0. The van der Waals surface area contributed by atoms with Crippen molar-refractivity contribution >= 4 is 15.9 Å². The second-order valence-electron chi connectivity index (χ2n) is 2.60. The molecule has 1 N–H and O–H groups in total. The first-order chi connectivity index (χ1) is 6.24. The van der Waals surface area contributed by atoms with Gasteiger partial charge in [0.15, 0.2) is 0 Å². The largest absolute Gasteiger partial charge is 0.325 e. The fraction of sp³-hybridized carbons (Fsp3) is 0.300. The van der Waals surface area contributed by atoms with Gasteiger partial charge < -0.3 is 4.98 Å². The Morgan fingerprint density at radius 1 is 1.54 bits per heavy atom. The fourth-order valence-electron chi connectivity index (χ4n) is 0.918. The number of aromatic nitrogens is 1. The van der Waals surface area contributed by atoms with Gasteiger partial charge in [-0.25, -0.2) is 0 Å². The molecule has 2 nitrogen and oxygen atoms in total. The minimum absolute atomic E-state index is 0.0801. The normalized spacial score (nSPS) is 9.08. The Morgan fingerprint density at radius 2 is 2.31 bits per heavy atom. The summed E-state index contributed by atoms with van der Waals surface area (Å²) in [7, 11) is 0. The van der Waals surface area contributed by atoms with Gasteiger partial charge in [-0.05, 0) is 13.0 Å². The van der Waals surface area contributed by atoms with Gasteiger partial charge in [-0.2, -0.15) is 0 Å². The molecular weight excluding hydrogens is 230 g/mol. The van der Waals surface area contributed by atoms with Gasteiger partial charge in [-0.1, -0.05) is 27.8 Å². The molecule has 0 aliphatic carbocycles. The number of aryl methyl sites for hydroxylation is 1. The SMILES string of the molecule is Cc1[nH]c(=O)ccc1C#CCCBr. The molecule has 0 atom stereocenters. The van der Waals surface area contributed by atoms with E-state index in [2.05, 4.69) is 32.8 Å². The predicted octanol–water partition coefficient (Wildman–Crippen LogP) is 1.82. The quantitative estimate of drug-likeness (QED) is 0.589. The zero-order valence-electron chi connectivity index (χ0n) is 7.36. The van der Waals surface area contributed by atoms with Crippen molar-refractivity contribution in [1.82, 2.24) is 4.98 Å². The zero-order valence-corrected chi connectivity index (χ0v) is 8.94. The molecule has 0 saturated carbocycles. The molecule has 0 fully saturated rings. The average Bonchev–Trinajstić information content (AvgIpc) is 2.09. The number of aromatic amines is 1. The highest BCUT2D eigenvalue weighted by atomic mass is 79.9. The number of alkyl halides is 1. The van der Waals surface area contributed by atoms with Crippen LogP contribution in [0.15, 0.2) is 16.9 Å². The number of halogens is 1. The first-order valence-corrected chi connectivity index (χ1v) is 5.11. The van der Waals surface area contributed by atoms with Crippen LogP contribution in [0.4, 0.5) is 0 Å². The maximum atomic E-state index is 10.9. The topological polar surface area (TPSA) is 32.9 Å². The summed E-state index contributed by atoms with van der Waals surface area (Å²) in [4.78, 5) is 13.6. The minimum Gasteiger partial charge on any atom is -0.325 e. The van der Waals surface area contributed by atoms with E-state index in [1.54, 1.807) is 6.07 Å². The molecule has 0 aromatic carbocycles. The van der Waals surface area contributed by atoms with Crippen LogP contribution in [0.1, 0.15) is 17.7 Å². The van der Waals surface area contributed by atoms with Gasteiger partial charge in [0.2, 0.25) is 5.56 Å². The van der Waals surface area contributed by atoms with Gasteiger partial charge in [0.1, 0.15) is 0 Å². The summed E-state index contributed by atoms with van der Waals surface area (Å²) in [6.45, 7) is 1.85. The van der Waals surface area contributed by atoms with Crippen LogP contribution < -0.4 is 5.56 Å². The number of hydrogen-bond acceptors (Lipinski definition) is 1. The smallest absolute Gasteiger partial charge is 0.248 e. The minimum atomic E-state index is -0.0801. The summed E-state index contributed by atoms with van der Waals surface area (Å²) in [5.41, 5.74) is 1.64. The Kier molecular flexibility index (Phi) is 3.78. The fourth-order valence-corrected chi connectivity index (χ4v) is 1.12. The summed E-state index contributed by atoms with van der Waals surface area (Å²) in [5.74, 6) is 5.98. The lowest BCUT2D eigenvalue weighted by molar-refractivity contribution is 1.13. The number of nitrogens with one attached hydrogen (secondary N) is 1. The lowest BCUT2D eigenvalue weighted by Gasteiger charge is -1.94. The van der Waals surface area contributed by atoms with Gasteiger partial charge in [0.25, 0.3) is 0 Å². The molecule has 0 amide bonds. The molecule has 13 heavy (non-hydrogen) atoms. The van der Waals surface area contributed by atoms with E-state index in [0.717, 1.165) is 23.0 Å². The Balaban J connectivity index is 2.92. The van der Waals surface area contributed by atoms with Crippen molar-refractivity contribution in [2.24, 2.45) is 0 Å². The van der Waals surface area contributed by atoms with Crippen LogP contribution in [0, 0.1) is 18.8 Å². The van der Waals surface area contributed by atoms with Crippen molar-refractivity contribution in [3.63, 3.8) is 0 Å². The van der Waals surface area contributed by atoms with E-state index in [-0.39, 0.29) is 5.56 Å². The molecule has 0 saturated heterocycles. The molecule has 1 aromatic heterocycles. The maximum Gasteiger partial charge on any atom is 0.248 e. The third-order valence-electron chi connectivity index (χ3n) is 1.56. The van der Waals surface area contributed by atoms with Crippen LogP contribution in [-0.2, 0) is 0 Å². The predicted molar refractivity (Wildman–Crippen MR) is 57.1 cm³/mol. The molecule has 0 bridgehead atoms. The van der Waals surface area contributed by atoms with Crippen LogP contribution in [-0.4, -0.2) is 10.3 Å². The molecule has 1 rings (SSSR count).